The van der Waals surface area contributed by atoms with E-state index in [4.69, 9.17) is 9.15 Å². The molecule has 29 heavy (non-hydrogen) atoms. The van der Waals surface area contributed by atoms with E-state index >= 15 is 0 Å². The highest BCUT2D eigenvalue weighted by molar-refractivity contribution is 6.02. The lowest BCUT2D eigenvalue weighted by molar-refractivity contribution is 0.00659. The highest BCUT2D eigenvalue weighted by atomic mass is 16.5. The molecule has 2 aromatic carbocycles. The van der Waals surface area contributed by atoms with Crippen LogP contribution in [-0.2, 0) is 6.42 Å². The predicted molar refractivity (Wildman–Crippen MR) is 106 cm³/mol. The lowest BCUT2D eigenvalue weighted by Crippen LogP contribution is -2.45. The summed E-state index contributed by atoms with van der Waals surface area (Å²) in [5.41, 5.74) is -0.792. The molecule has 148 valence electrons. The Bertz CT molecular complexity index is 1120. The normalized spacial score (nSPS) is 20.9. The maximum absolute atomic E-state index is 12.8. The second-order valence-electron chi connectivity index (χ2n) is 7.26. The first-order chi connectivity index (χ1) is 13.9. The molecule has 0 spiro atoms. The van der Waals surface area contributed by atoms with Gasteiger partial charge in [0, 0.05) is 18.9 Å². The third kappa shape index (κ3) is 3.43. The van der Waals surface area contributed by atoms with E-state index in [9.17, 15) is 19.8 Å². The van der Waals surface area contributed by atoms with Crippen molar-refractivity contribution < 1.29 is 24.2 Å². The van der Waals surface area contributed by atoms with Crippen molar-refractivity contribution in [2.24, 2.45) is 0 Å². The SMILES string of the molecule is COc1cc([C@@H]2c3cccc(O)c3C(=O)C[C@@]2(O)Cc2ccccc2)oc(=O)c1. The topological polar surface area (TPSA) is 97.0 Å². The maximum Gasteiger partial charge on any atom is 0.339 e. The summed E-state index contributed by atoms with van der Waals surface area (Å²) in [7, 11) is 1.43. The van der Waals surface area contributed by atoms with E-state index in [2.05, 4.69) is 0 Å². The Hall–Kier alpha value is -3.38. The Morgan fingerprint density at radius 1 is 1.10 bits per heavy atom. The van der Waals surface area contributed by atoms with Gasteiger partial charge in [0.2, 0.25) is 0 Å². The molecule has 0 amide bonds. The van der Waals surface area contributed by atoms with Crippen LogP contribution in [0.2, 0.25) is 0 Å². The third-order valence-corrected chi connectivity index (χ3v) is 5.30. The quantitative estimate of drug-likeness (QED) is 0.708. The Morgan fingerprint density at radius 2 is 1.86 bits per heavy atom. The third-order valence-electron chi connectivity index (χ3n) is 5.30. The first kappa shape index (κ1) is 19.0. The number of fused-ring (bicyclic) bond motifs is 1. The zero-order valence-corrected chi connectivity index (χ0v) is 15.8. The van der Waals surface area contributed by atoms with Crippen LogP contribution in [-0.4, -0.2) is 28.7 Å². The van der Waals surface area contributed by atoms with Crippen molar-refractivity contribution >= 4 is 5.78 Å². The lowest BCUT2D eigenvalue weighted by atomic mass is 9.67. The van der Waals surface area contributed by atoms with E-state index in [1.165, 1.54) is 25.3 Å². The van der Waals surface area contributed by atoms with Crippen LogP contribution in [0.15, 0.2) is 69.9 Å². The summed E-state index contributed by atoms with van der Waals surface area (Å²) < 4.78 is 10.6. The van der Waals surface area contributed by atoms with Crippen LogP contribution in [0.4, 0.5) is 0 Å². The average molecular weight is 392 g/mol. The van der Waals surface area contributed by atoms with E-state index < -0.39 is 17.1 Å². The molecule has 2 atom stereocenters. The van der Waals surface area contributed by atoms with Gasteiger partial charge in [0.05, 0.1) is 30.3 Å². The molecule has 2 N–H and O–H groups in total. The van der Waals surface area contributed by atoms with Crippen LogP contribution in [0.3, 0.4) is 0 Å². The molecule has 1 aliphatic carbocycles. The van der Waals surface area contributed by atoms with Crippen LogP contribution in [0, 0.1) is 0 Å². The van der Waals surface area contributed by atoms with Crippen LogP contribution in [0.25, 0.3) is 0 Å². The molecule has 0 aliphatic heterocycles. The van der Waals surface area contributed by atoms with Crippen LogP contribution in [0.1, 0.15) is 39.6 Å². The number of ether oxygens (including phenoxy) is 1. The standard InChI is InChI=1S/C23H20O6/c1-28-15-10-19(29-20(26)11-15)22-16-8-5-9-17(24)21(16)18(25)13-23(22,27)12-14-6-3-2-4-7-14/h2-11,22,24,27H,12-13H2,1H3/t22-,23-/m0/s1. The maximum atomic E-state index is 12.8. The zero-order chi connectivity index (χ0) is 20.6. The van der Waals surface area contributed by atoms with Gasteiger partial charge in [-0.1, -0.05) is 42.5 Å². The van der Waals surface area contributed by atoms with E-state index in [0.29, 0.717) is 5.56 Å². The average Bonchev–Trinajstić information content (AvgIpc) is 2.67. The fourth-order valence-corrected chi connectivity index (χ4v) is 4.12. The number of rotatable bonds is 4. The summed E-state index contributed by atoms with van der Waals surface area (Å²) in [4.78, 5) is 24.9. The number of hydrogen-bond acceptors (Lipinski definition) is 6. The lowest BCUT2D eigenvalue weighted by Gasteiger charge is -2.40. The number of hydrogen-bond donors (Lipinski definition) is 2. The number of Topliss-reactive ketones (excluding diaryl/α,β-unsaturated/α-hetero) is 1. The number of carbonyl (C=O) groups excluding carboxylic acids is 1. The van der Waals surface area contributed by atoms with Gasteiger partial charge in [-0.2, -0.15) is 0 Å². The van der Waals surface area contributed by atoms with Crippen molar-refractivity contribution in [3.63, 3.8) is 0 Å². The predicted octanol–water partition coefficient (Wildman–Crippen LogP) is 3.05. The number of phenolic OH excluding ortho intramolecular Hbond substituents is 1. The van der Waals surface area contributed by atoms with Crippen molar-refractivity contribution in [1.82, 2.24) is 0 Å². The summed E-state index contributed by atoms with van der Waals surface area (Å²) in [6.07, 6.45) is -0.0572. The van der Waals surface area contributed by atoms with Gasteiger partial charge in [-0.3, -0.25) is 4.79 Å². The van der Waals surface area contributed by atoms with Crippen LogP contribution < -0.4 is 10.4 Å². The summed E-state index contributed by atoms with van der Waals surface area (Å²) >= 11 is 0. The van der Waals surface area contributed by atoms with Gasteiger partial charge < -0.3 is 19.4 Å². The summed E-state index contributed by atoms with van der Waals surface area (Å²) in [6, 6.07) is 16.7. The Balaban J connectivity index is 1.94. The molecule has 0 saturated heterocycles. The molecule has 1 aliphatic rings. The van der Waals surface area contributed by atoms with Crippen LogP contribution in [0.5, 0.6) is 11.5 Å². The van der Waals surface area contributed by atoms with Crippen LogP contribution >= 0.6 is 0 Å². The molecule has 0 unspecified atom stereocenters. The molecule has 4 rings (SSSR count). The molecule has 6 nitrogen and oxygen atoms in total. The molecular formula is C23H20O6. The van der Waals surface area contributed by atoms with Crippen molar-refractivity contribution in [1.29, 1.82) is 0 Å². The number of ketones is 1. The van der Waals surface area contributed by atoms with Crippen molar-refractivity contribution in [2.45, 2.75) is 24.4 Å². The summed E-state index contributed by atoms with van der Waals surface area (Å²) in [6.45, 7) is 0. The first-order valence-electron chi connectivity index (χ1n) is 9.22. The van der Waals surface area contributed by atoms with E-state index in [1.54, 1.807) is 12.1 Å². The number of methoxy groups -OCH3 is 1. The molecule has 0 bridgehead atoms. The van der Waals surface area contributed by atoms with Crippen molar-refractivity contribution in [2.75, 3.05) is 7.11 Å². The molecule has 6 heteroatoms. The van der Waals surface area contributed by atoms with Gasteiger partial charge in [-0.15, -0.1) is 0 Å². The number of benzene rings is 2. The number of aromatic hydroxyl groups is 1. The molecule has 1 aromatic heterocycles. The Kier molecular flexibility index (Phi) is 4.72. The van der Waals surface area contributed by atoms with Gasteiger partial charge in [-0.25, -0.2) is 4.79 Å². The molecule has 0 radical (unpaired) electrons. The van der Waals surface area contributed by atoms with E-state index in [1.807, 2.05) is 30.3 Å². The van der Waals surface area contributed by atoms with Gasteiger partial charge in [-0.05, 0) is 17.2 Å². The highest BCUT2D eigenvalue weighted by Crippen LogP contribution is 2.47. The molecular weight excluding hydrogens is 372 g/mol. The fraction of sp³-hybridized carbons (Fsp3) is 0.217. The number of phenols is 1. The second-order valence-corrected chi connectivity index (χ2v) is 7.26. The Labute approximate surface area is 167 Å². The zero-order valence-electron chi connectivity index (χ0n) is 15.8. The number of aliphatic hydroxyl groups is 1. The minimum atomic E-state index is -1.55. The summed E-state index contributed by atoms with van der Waals surface area (Å²) in [5, 5.41) is 22.0. The summed E-state index contributed by atoms with van der Waals surface area (Å²) in [5.74, 6) is -0.906. The second kappa shape index (κ2) is 7.22. The smallest absolute Gasteiger partial charge is 0.339 e. The number of carbonyl (C=O) groups is 1. The fourth-order valence-electron chi connectivity index (χ4n) is 4.12. The van der Waals surface area contributed by atoms with E-state index in [-0.39, 0.29) is 41.4 Å². The highest BCUT2D eigenvalue weighted by Gasteiger charge is 2.48. The minimum Gasteiger partial charge on any atom is -0.507 e. The van der Waals surface area contributed by atoms with Crippen molar-refractivity contribution in [3.05, 3.63) is 93.5 Å². The van der Waals surface area contributed by atoms with E-state index in [0.717, 1.165) is 5.56 Å². The monoisotopic (exact) mass is 392 g/mol. The van der Waals surface area contributed by atoms with Gasteiger partial charge >= 0.3 is 5.63 Å². The van der Waals surface area contributed by atoms with Gasteiger partial charge in [0.1, 0.15) is 17.3 Å². The molecule has 1 heterocycles. The Morgan fingerprint density at radius 3 is 2.59 bits per heavy atom. The molecule has 0 saturated carbocycles. The van der Waals surface area contributed by atoms with Crippen molar-refractivity contribution in [3.8, 4) is 11.5 Å². The van der Waals surface area contributed by atoms with Gasteiger partial charge in [0.15, 0.2) is 5.78 Å². The first-order valence-corrected chi connectivity index (χ1v) is 9.22. The largest absolute Gasteiger partial charge is 0.507 e. The van der Waals surface area contributed by atoms with Gasteiger partial charge in [0.25, 0.3) is 0 Å². The molecule has 0 fully saturated rings. The molecule has 3 aromatic rings. The minimum absolute atomic E-state index is 0.140.